The van der Waals surface area contributed by atoms with Crippen LogP contribution in [0.3, 0.4) is 0 Å². The second-order valence-electron chi connectivity index (χ2n) is 7.77. The van der Waals surface area contributed by atoms with Crippen LogP contribution < -0.4 is 15.1 Å². The number of carbonyl (C=O) groups excluding carboxylic acids is 3. The largest absolute Gasteiger partial charge is 0.324 e. The lowest BCUT2D eigenvalue weighted by atomic mass is 10.0. The minimum Gasteiger partial charge on any atom is -0.324 e. The highest BCUT2D eigenvalue weighted by Gasteiger charge is 2.61. The van der Waals surface area contributed by atoms with Gasteiger partial charge in [0.15, 0.2) is 0 Å². The molecule has 1 fully saturated rings. The molecule has 0 saturated carbocycles. The van der Waals surface area contributed by atoms with Crippen molar-refractivity contribution in [2.24, 2.45) is 0 Å². The van der Waals surface area contributed by atoms with Gasteiger partial charge in [0.25, 0.3) is 5.91 Å². The van der Waals surface area contributed by atoms with Crippen molar-refractivity contribution in [1.29, 1.82) is 0 Å². The predicted octanol–water partition coefficient (Wildman–Crippen LogP) is 3.91. The summed E-state index contributed by atoms with van der Waals surface area (Å²) in [5.74, 6) is -0.507. The molecular formula is C25H21N3O3S. The van der Waals surface area contributed by atoms with Crippen molar-refractivity contribution in [3.05, 3.63) is 90.0 Å². The van der Waals surface area contributed by atoms with Crippen LogP contribution in [0, 0.1) is 6.92 Å². The zero-order valence-electron chi connectivity index (χ0n) is 17.4. The number of thioether (sulfide) groups is 1. The Morgan fingerprint density at radius 3 is 2.44 bits per heavy atom. The van der Waals surface area contributed by atoms with Gasteiger partial charge < -0.3 is 5.32 Å². The van der Waals surface area contributed by atoms with Crippen LogP contribution in [0.2, 0.25) is 0 Å². The number of hydrogen-bond acceptors (Lipinski definition) is 4. The number of nitrogens with zero attached hydrogens (tertiary/aromatic N) is 2. The molecule has 1 N–H and O–H groups in total. The molecular weight excluding hydrogens is 422 g/mol. The molecule has 1 saturated heterocycles. The lowest BCUT2D eigenvalue weighted by Crippen LogP contribution is -2.50. The van der Waals surface area contributed by atoms with E-state index in [1.807, 2.05) is 85.8 Å². The van der Waals surface area contributed by atoms with E-state index in [1.54, 1.807) is 4.90 Å². The quantitative estimate of drug-likeness (QED) is 0.664. The summed E-state index contributed by atoms with van der Waals surface area (Å²) in [5, 5.41) is 2.90. The van der Waals surface area contributed by atoms with E-state index in [0.717, 1.165) is 11.1 Å². The first-order valence-electron chi connectivity index (χ1n) is 10.3. The van der Waals surface area contributed by atoms with Gasteiger partial charge in [-0.15, -0.1) is 11.8 Å². The summed E-state index contributed by atoms with van der Waals surface area (Å²) in [6, 6.07) is 24.1. The number of rotatable bonds is 4. The monoisotopic (exact) mass is 443 g/mol. The fourth-order valence-electron chi connectivity index (χ4n) is 4.34. The topological polar surface area (TPSA) is 69.7 Å². The number of hydrogen-bond donors (Lipinski definition) is 1. The molecule has 3 amide bonds. The van der Waals surface area contributed by atoms with Crippen molar-refractivity contribution in [3.8, 4) is 0 Å². The van der Waals surface area contributed by atoms with E-state index in [4.69, 9.17) is 0 Å². The van der Waals surface area contributed by atoms with Gasteiger partial charge in [-0.25, -0.2) is 0 Å². The first-order valence-corrected chi connectivity index (χ1v) is 11.3. The Morgan fingerprint density at radius 2 is 1.66 bits per heavy atom. The first kappa shape index (κ1) is 20.3. The molecule has 1 spiro atoms. The Bertz CT molecular complexity index is 1230. The smallest absolute Gasteiger partial charge is 0.269 e. The van der Waals surface area contributed by atoms with Crippen LogP contribution >= 0.6 is 11.8 Å². The lowest BCUT2D eigenvalue weighted by Gasteiger charge is -2.33. The number of fused-ring (bicyclic) bond motifs is 2. The summed E-state index contributed by atoms with van der Waals surface area (Å²) >= 11 is 1.30. The predicted molar refractivity (Wildman–Crippen MR) is 127 cm³/mol. The number of carbonyl (C=O) groups is 3. The van der Waals surface area contributed by atoms with E-state index in [9.17, 15) is 14.4 Å². The van der Waals surface area contributed by atoms with Crippen molar-refractivity contribution in [2.75, 3.05) is 27.4 Å². The molecule has 160 valence electrons. The number of amides is 3. The molecule has 0 radical (unpaired) electrons. The normalized spacial score (nSPS) is 19.5. The van der Waals surface area contributed by atoms with E-state index in [2.05, 4.69) is 5.32 Å². The van der Waals surface area contributed by atoms with Crippen LogP contribution in [-0.4, -0.2) is 30.0 Å². The van der Waals surface area contributed by atoms with Crippen molar-refractivity contribution in [2.45, 2.75) is 11.8 Å². The molecule has 0 unspecified atom stereocenters. The highest BCUT2D eigenvalue weighted by atomic mass is 32.2. The van der Waals surface area contributed by atoms with E-state index in [-0.39, 0.29) is 30.0 Å². The van der Waals surface area contributed by atoms with Crippen molar-refractivity contribution >= 4 is 46.5 Å². The first-order chi connectivity index (χ1) is 15.5. The third kappa shape index (κ3) is 3.08. The zero-order chi connectivity index (χ0) is 22.3. The molecule has 3 aromatic carbocycles. The lowest BCUT2D eigenvalue weighted by molar-refractivity contribution is -0.124. The molecule has 6 nitrogen and oxygen atoms in total. The Balaban J connectivity index is 1.52. The van der Waals surface area contributed by atoms with Gasteiger partial charge in [0.1, 0.15) is 6.54 Å². The summed E-state index contributed by atoms with van der Waals surface area (Å²) in [6.45, 7) is 1.78. The van der Waals surface area contributed by atoms with Crippen molar-refractivity contribution < 1.29 is 14.4 Å². The Morgan fingerprint density at radius 1 is 0.969 bits per heavy atom. The van der Waals surface area contributed by atoms with Crippen molar-refractivity contribution in [1.82, 2.24) is 0 Å². The molecule has 0 aliphatic carbocycles. The van der Waals surface area contributed by atoms with Gasteiger partial charge in [0, 0.05) is 16.9 Å². The second-order valence-corrected chi connectivity index (χ2v) is 8.94. The van der Waals surface area contributed by atoms with Gasteiger partial charge in [-0.05, 0) is 36.8 Å². The zero-order valence-corrected chi connectivity index (χ0v) is 18.3. The maximum absolute atomic E-state index is 13.9. The minimum atomic E-state index is -1.21. The van der Waals surface area contributed by atoms with Gasteiger partial charge in [-0.1, -0.05) is 54.6 Å². The van der Waals surface area contributed by atoms with E-state index < -0.39 is 4.87 Å². The molecule has 7 heteroatoms. The van der Waals surface area contributed by atoms with Gasteiger partial charge in [-0.3, -0.25) is 24.2 Å². The maximum atomic E-state index is 13.9. The number of benzene rings is 3. The van der Waals surface area contributed by atoms with Gasteiger partial charge in [-0.2, -0.15) is 0 Å². The Labute approximate surface area is 190 Å². The standard InChI is InChI=1S/C25H21N3O3S/c1-17-9-5-7-13-20(17)26-22(29)15-27-21-14-8-6-12-19(21)25(24(27)31)28(23(30)16-32-25)18-10-3-2-4-11-18/h2-14H,15-16H2,1H3,(H,26,29)/t25-/m1/s1. The van der Waals surface area contributed by atoms with Gasteiger partial charge >= 0.3 is 0 Å². The molecule has 0 bridgehead atoms. The van der Waals surface area contributed by atoms with Crippen LogP contribution in [0.1, 0.15) is 11.1 Å². The summed E-state index contributed by atoms with van der Waals surface area (Å²) in [6.07, 6.45) is 0. The average Bonchev–Trinajstić information content (AvgIpc) is 3.27. The van der Waals surface area contributed by atoms with Crippen LogP contribution in [0.4, 0.5) is 17.1 Å². The SMILES string of the molecule is Cc1ccccc1NC(=O)CN1C(=O)[C@]2(SCC(=O)N2c2ccccc2)c2ccccc21. The average molecular weight is 444 g/mol. The fraction of sp³-hybridized carbons (Fsp3) is 0.160. The number of aryl methyl sites for hydroxylation is 1. The van der Waals surface area contributed by atoms with Crippen LogP contribution in [0.25, 0.3) is 0 Å². The molecule has 1 atom stereocenters. The minimum absolute atomic E-state index is 0.129. The van der Waals surface area contributed by atoms with E-state index in [1.165, 1.54) is 16.7 Å². The van der Waals surface area contributed by atoms with E-state index >= 15 is 0 Å². The van der Waals surface area contributed by atoms with Crippen LogP contribution in [0.15, 0.2) is 78.9 Å². The molecule has 3 aromatic rings. The second kappa shape index (κ2) is 7.84. The molecule has 0 aromatic heterocycles. The maximum Gasteiger partial charge on any atom is 0.269 e. The highest BCUT2D eigenvalue weighted by Crippen LogP contribution is 2.55. The molecule has 32 heavy (non-hydrogen) atoms. The van der Waals surface area contributed by atoms with Gasteiger partial charge in [0.2, 0.25) is 16.7 Å². The van der Waals surface area contributed by atoms with E-state index in [0.29, 0.717) is 17.1 Å². The van der Waals surface area contributed by atoms with Crippen LogP contribution in [-0.2, 0) is 19.3 Å². The summed E-state index contributed by atoms with van der Waals surface area (Å²) in [5.41, 5.74) is 3.70. The Hall–Kier alpha value is -3.58. The molecule has 5 rings (SSSR count). The summed E-state index contributed by atoms with van der Waals surface area (Å²) in [4.78, 5) is 41.6. The summed E-state index contributed by atoms with van der Waals surface area (Å²) in [7, 11) is 0. The third-order valence-electron chi connectivity index (χ3n) is 5.80. The number of nitrogens with one attached hydrogen (secondary N) is 1. The fourth-order valence-corrected chi connectivity index (χ4v) is 5.70. The molecule has 2 aliphatic heterocycles. The number of para-hydroxylation sites is 3. The van der Waals surface area contributed by atoms with Crippen molar-refractivity contribution in [3.63, 3.8) is 0 Å². The number of anilines is 3. The molecule has 2 heterocycles. The summed E-state index contributed by atoms with van der Waals surface area (Å²) < 4.78 is 0. The van der Waals surface area contributed by atoms with Gasteiger partial charge in [0.05, 0.1) is 11.4 Å². The highest BCUT2D eigenvalue weighted by molar-refractivity contribution is 8.02. The third-order valence-corrected chi connectivity index (χ3v) is 7.19. The molecule has 2 aliphatic rings. The Kier molecular flexibility index (Phi) is 4.98. The van der Waals surface area contributed by atoms with Crippen LogP contribution in [0.5, 0.6) is 0 Å².